The number of rotatable bonds is 8. The zero-order valence-corrected chi connectivity index (χ0v) is 21.6. The summed E-state index contributed by atoms with van der Waals surface area (Å²) >= 11 is 0. The molecule has 1 spiro atoms. The number of nitrogens with one attached hydrogen (secondary N) is 2. The number of sulfonamides is 1. The quantitative estimate of drug-likeness (QED) is 0.452. The predicted molar refractivity (Wildman–Crippen MR) is 136 cm³/mol. The molecular formula is C26H30FN5O4S. The fraction of sp³-hybridized carbons (Fsp3) is 0.423. The van der Waals surface area contributed by atoms with E-state index in [0.717, 1.165) is 12.8 Å². The number of ether oxygens (including phenoxy) is 1. The number of pyridine rings is 1. The maximum atomic E-state index is 14.5. The maximum Gasteiger partial charge on any atom is 0.281 e. The molecule has 2 aromatic heterocycles. The van der Waals surface area contributed by atoms with Crippen molar-refractivity contribution in [2.45, 2.75) is 44.6 Å². The van der Waals surface area contributed by atoms with Gasteiger partial charge in [-0.3, -0.25) is 9.89 Å². The van der Waals surface area contributed by atoms with Crippen molar-refractivity contribution in [3.8, 4) is 17.0 Å². The van der Waals surface area contributed by atoms with Crippen molar-refractivity contribution in [1.82, 2.24) is 19.9 Å². The molecule has 1 aliphatic carbocycles. The zero-order valence-electron chi connectivity index (χ0n) is 20.8. The molecule has 37 heavy (non-hydrogen) atoms. The highest BCUT2D eigenvalue weighted by molar-refractivity contribution is 7.90. The molecule has 0 bridgehead atoms. The molecular weight excluding hydrogens is 497 g/mol. The van der Waals surface area contributed by atoms with Crippen LogP contribution in [-0.4, -0.2) is 49.2 Å². The van der Waals surface area contributed by atoms with Gasteiger partial charge in [0.15, 0.2) is 5.03 Å². The maximum absolute atomic E-state index is 14.5. The van der Waals surface area contributed by atoms with Crippen LogP contribution in [0.15, 0.2) is 47.6 Å². The van der Waals surface area contributed by atoms with Gasteiger partial charge in [0.05, 0.1) is 24.1 Å². The van der Waals surface area contributed by atoms with Gasteiger partial charge in [-0.15, -0.1) is 0 Å². The van der Waals surface area contributed by atoms with Crippen LogP contribution in [0, 0.1) is 17.2 Å². The smallest absolute Gasteiger partial charge is 0.281 e. The van der Waals surface area contributed by atoms with E-state index >= 15 is 0 Å². The first-order chi connectivity index (χ1) is 17.6. The fourth-order valence-corrected chi connectivity index (χ4v) is 5.46. The molecule has 9 nitrogen and oxygen atoms in total. The van der Waals surface area contributed by atoms with E-state index in [1.807, 2.05) is 18.7 Å². The minimum Gasteiger partial charge on any atom is -0.493 e. The Bertz CT molecular complexity index is 1390. The van der Waals surface area contributed by atoms with Crippen LogP contribution in [0.1, 0.15) is 49.9 Å². The number of carbonyl (C=O) groups excluding carboxylic acids is 1. The molecule has 1 saturated carbocycles. The van der Waals surface area contributed by atoms with Gasteiger partial charge in [-0.05, 0) is 67.3 Å². The number of aromatic nitrogens is 3. The van der Waals surface area contributed by atoms with Gasteiger partial charge in [0, 0.05) is 24.7 Å². The molecule has 3 aromatic rings. The number of nitrogens with zero attached hydrogens (tertiary/aromatic N) is 3. The second kappa shape index (κ2) is 9.77. The van der Waals surface area contributed by atoms with Crippen molar-refractivity contribution >= 4 is 21.7 Å². The lowest BCUT2D eigenvalue weighted by molar-refractivity contribution is 0.0981. The highest BCUT2D eigenvalue weighted by atomic mass is 32.2. The summed E-state index contributed by atoms with van der Waals surface area (Å²) in [6, 6.07) is 8.81. The van der Waals surface area contributed by atoms with Gasteiger partial charge in [-0.1, -0.05) is 13.8 Å². The normalized spacial score (nSPS) is 16.7. The van der Waals surface area contributed by atoms with E-state index in [4.69, 9.17) is 9.72 Å². The fourth-order valence-electron chi connectivity index (χ4n) is 4.58. The Morgan fingerprint density at radius 3 is 2.57 bits per heavy atom. The molecule has 1 amide bonds. The lowest BCUT2D eigenvalue weighted by Gasteiger charge is -2.34. The van der Waals surface area contributed by atoms with Crippen LogP contribution in [0.5, 0.6) is 5.75 Å². The Hall–Kier alpha value is -3.47. The number of piperidine rings is 1. The van der Waals surface area contributed by atoms with E-state index in [0.29, 0.717) is 47.9 Å². The van der Waals surface area contributed by atoms with Gasteiger partial charge in [0.25, 0.3) is 15.9 Å². The first-order valence-corrected chi connectivity index (χ1v) is 13.9. The van der Waals surface area contributed by atoms with E-state index < -0.39 is 21.7 Å². The summed E-state index contributed by atoms with van der Waals surface area (Å²) in [4.78, 5) is 20.0. The molecule has 0 atom stereocenters. The van der Waals surface area contributed by atoms with Gasteiger partial charge in [-0.25, -0.2) is 14.1 Å². The summed E-state index contributed by atoms with van der Waals surface area (Å²) in [6.07, 6.45) is 5.69. The Labute approximate surface area is 215 Å². The van der Waals surface area contributed by atoms with Crippen LogP contribution in [0.3, 0.4) is 0 Å². The van der Waals surface area contributed by atoms with Crippen LogP contribution < -0.4 is 14.4 Å². The molecule has 2 fully saturated rings. The molecule has 196 valence electrons. The van der Waals surface area contributed by atoms with Gasteiger partial charge < -0.3 is 9.64 Å². The molecule has 2 aliphatic rings. The Morgan fingerprint density at radius 2 is 1.92 bits per heavy atom. The highest BCUT2D eigenvalue weighted by Crippen LogP contribution is 2.54. The van der Waals surface area contributed by atoms with E-state index in [1.165, 1.54) is 43.3 Å². The number of halogens is 1. The zero-order chi connectivity index (χ0) is 26.2. The number of carbonyl (C=O) groups is 1. The lowest BCUT2D eigenvalue weighted by Crippen LogP contribution is -2.38. The molecule has 2 N–H and O–H groups in total. The third-order valence-electron chi connectivity index (χ3n) is 6.94. The van der Waals surface area contributed by atoms with Crippen molar-refractivity contribution in [1.29, 1.82) is 0 Å². The average molecular weight is 528 g/mol. The highest BCUT2D eigenvalue weighted by Gasteiger charge is 2.45. The predicted octanol–water partition coefficient (Wildman–Crippen LogP) is 4.14. The second-order valence-electron chi connectivity index (χ2n) is 10.3. The molecule has 11 heteroatoms. The molecule has 3 heterocycles. The molecule has 1 aromatic carbocycles. The molecule has 0 radical (unpaired) electrons. The summed E-state index contributed by atoms with van der Waals surface area (Å²) in [5, 5.41) is 5.79. The SMILES string of the molecule is CC(C)COc1cc(F)cc(-c2ccc(C(=O)NS(=O)(=O)c3ccn[nH]3)c(N3CCC4(CC3)CC4)n2)c1. The molecule has 1 aliphatic heterocycles. The van der Waals surface area contributed by atoms with Gasteiger partial charge in [-0.2, -0.15) is 13.5 Å². The number of amides is 1. The average Bonchev–Trinajstić information content (AvgIpc) is 3.36. The van der Waals surface area contributed by atoms with Gasteiger partial charge in [0.2, 0.25) is 0 Å². The van der Waals surface area contributed by atoms with Crippen molar-refractivity contribution in [2.75, 3.05) is 24.6 Å². The standard InChI is InChI=1S/C26H30FN5O4S/c1-17(2)16-36-20-14-18(13-19(27)15-20)22-4-3-21(25(33)31-37(34,35)23-5-10-28-30-23)24(29-22)32-11-8-26(6-7-26)9-12-32/h3-5,10,13-15,17H,6-9,11-12,16H2,1-2H3,(H,28,30)(H,31,33). The number of aromatic amines is 1. The first-order valence-electron chi connectivity index (χ1n) is 12.4. The summed E-state index contributed by atoms with van der Waals surface area (Å²) in [7, 11) is -4.14. The van der Waals surface area contributed by atoms with E-state index in [-0.39, 0.29) is 16.5 Å². The van der Waals surface area contributed by atoms with E-state index in [1.54, 1.807) is 12.1 Å². The Kier molecular flexibility index (Phi) is 6.65. The second-order valence-corrected chi connectivity index (χ2v) is 11.9. The van der Waals surface area contributed by atoms with Crippen molar-refractivity contribution in [2.24, 2.45) is 11.3 Å². The molecule has 0 unspecified atom stereocenters. The summed E-state index contributed by atoms with van der Waals surface area (Å²) < 4.78 is 47.6. The van der Waals surface area contributed by atoms with Gasteiger partial charge >= 0.3 is 0 Å². The topological polar surface area (TPSA) is 117 Å². The van der Waals surface area contributed by atoms with Crippen molar-refractivity contribution in [3.05, 3.63) is 54.0 Å². The number of hydrogen-bond donors (Lipinski definition) is 2. The van der Waals surface area contributed by atoms with Crippen LogP contribution >= 0.6 is 0 Å². The summed E-state index contributed by atoms with van der Waals surface area (Å²) in [6.45, 7) is 5.87. The Morgan fingerprint density at radius 1 is 1.16 bits per heavy atom. The Balaban J connectivity index is 1.49. The summed E-state index contributed by atoms with van der Waals surface area (Å²) in [5.74, 6) is -0.204. The van der Waals surface area contributed by atoms with Crippen molar-refractivity contribution < 1.29 is 22.3 Å². The first kappa shape index (κ1) is 25.2. The van der Waals surface area contributed by atoms with Gasteiger partial charge in [0.1, 0.15) is 17.4 Å². The van der Waals surface area contributed by atoms with Crippen LogP contribution in [0.2, 0.25) is 0 Å². The minimum absolute atomic E-state index is 0.131. The summed E-state index contributed by atoms with van der Waals surface area (Å²) in [5.41, 5.74) is 1.49. The molecule has 5 rings (SSSR count). The number of H-pyrrole nitrogens is 1. The van der Waals surface area contributed by atoms with E-state index in [9.17, 15) is 17.6 Å². The van der Waals surface area contributed by atoms with Crippen molar-refractivity contribution in [3.63, 3.8) is 0 Å². The number of hydrogen-bond acceptors (Lipinski definition) is 7. The minimum atomic E-state index is -4.14. The number of benzene rings is 1. The largest absolute Gasteiger partial charge is 0.493 e. The van der Waals surface area contributed by atoms with E-state index in [2.05, 4.69) is 14.9 Å². The van der Waals surface area contributed by atoms with Crippen LogP contribution in [-0.2, 0) is 10.0 Å². The third-order valence-corrected chi connectivity index (χ3v) is 8.20. The van der Waals surface area contributed by atoms with Crippen LogP contribution in [0.25, 0.3) is 11.3 Å². The monoisotopic (exact) mass is 527 g/mol. The number of anilines is 1. The molecule has 1 saturated heterocycles. The van der Waals surface area contributed by atoms with Crippen LogP contribution in [0.4, 0.5) is 10.2 Å². The lowest BCUT2D eigenvalue weighted by atomic mass is 9.93. The third kappa shape index (κ3) is 5.61.